The van der Waals surface area contributed by atoms with Gasteiger partial charge in [-0.1, -0.05) is 42.9 Å². The Labute approximate surface area is 116 Å². The van der Waals surface area contributed by atoms with E-state index < -0.39 is 0 Å². The molecule has 1 aromatic rings. The number of benzene rings is 1. The number of hydrogen-bond donors (Lipinski definition) is 1. The van der Waals surface area contributed by atoms with Gasteiger partial charge in [0.2, 0.25) is 0 Å². The molecule has 1 fully saturated rings. The molecular formula is C17H23NO. The first-order chi connectivity index (χ1) is 9.40. The van der Waals surface area contributed by atoms with Crippen LogP contribution in [0.3, 0.4) is 0 Å². The van der Waals surface area contributed by atoms with E-state index in [9.17, 15) is 0 Å². The molecule has 1 saturated heterocycles. The Bertz CT molecular complexity index is 436. The first-order valence-corrected chi connectivity index (χ1v) is 7.30. The topological polar surface area (TPSA) is 23.5 Å². The zero-order valence-electron chi connectivity index (χ0n) is 11.6. The van der Waals surface area contributed by atoms with E-state index in [1.165, 1.54) is 44.3 Å². The summed E-state index contributed by atoms with van der Waals surface area (Å²) < 4.78 is 0. The van der Waals surface area contributed by atoms with Gasteiger partial charge in [-0.05, 0) is 37.6 Å². The van der Waals surface area contributed by atoms with Crippen LogP contribution in [0.4, 0.5) is 0 Å². The van der Waals surface area contributed by atoms with Gasteiger partial charge in [0.1, 0.15) is 0 Å². The number of likely N-dealkylation sites (tertiary alicyclic amines) is 1. The minimum atomic E-state index is 0.140. The molecule has 0 spiro atoms. The minimum Gasteiger partial charge on any atom is -0.395 e. The predicted molar refractivity (Wildman–Crippen MR) is 78.8 cm³/mol. The molecule has 0 unspecified atom stereocenters. The highest BCUT2D eigenvalue weighted by molar-refractivity contribution is 5.41. The van der Waals surface area contributed by atoms with Crippen molar-refractivity contribution in [2.24, 2.45) is 0 Å². The van der Waals surface area contributed by atoms with Gasteiger partial charge < -0.3 is 5.11 Å². The zero-order valence-corrected chi connectivity index (χ0v) is 11.6. The van der Waals surface area contributed by atoms with Crippen molar-refractivity contribution in [2.45, 2.75) is 38.6 Å². The van der Waals surface area contributed by atoms with Crippen LogP contribution in [0.1, 0.15) is 43.2 Å². The van der Waals surface area contributed by atoms with Crippen molar-refractivity contribution >= 4 is 0 Å². The number of rotatable bonds is 3. The van der Waals surface area contributed by atoms with Crippen molar-refractivity contribution in [1.29, 1.82) is 0 Å². The number of aliphatic hydroxyl groups excluding tert-OH is 1. The number of hydrogen-bond acceptors (Lipinski definition) is 2. The van der Waals surface area contributed by atoms with Gasteiger partial charge in [-0.2, -0.15) is 0 Å². The smallest absolute Gasteiger partial charge is 0.0540 e. The highest BCUT2D eigenvalue weighted by Crippen LogP contribution is 2.15. The van der Waals surface area contributed by atoms with Crippen LogP contribution in [-0.4, -0.2) is 29.7 Å². The summed E-state index contributed by atoms with van der Waals surface area (Å²) in [5, 5.41) is 8.80. The van der Waals surface area contributed by atoms with Crippen molar-refractivity contribution in [3.8, 4) is 11.8 Å². The lowest BCUT2D eigenvalue weighted by Gasteiger charge is -2.20. The second-order valence-electron chi connectivity index (χ2n) is 5.12. The van der Waals surface area contributed by atoms with Gasteiger partial charge >= 0.3 is 0 Å². The minimum absolute atomic E-state index is 0.140. The molecule has 0 atom stereocenters. The first-order valence-electron chi connectivity index (χ1n) is 7.30. The van der Waals surface area contributed by atoms with Crippen molar-refractivity contribution < 1.29 is 5.11 Å². The van der Waals surface area contributed by atoms with Crippen LogP contribution in [0.15, 0.2) is 24.3 Å². The summed E-state index contributed by atoms with van der Waals surface area (Å²) in [6.45, 7) is 3.56. The lowest BCUT2D eigenvalue weighted by atomic mass is 10.1. The summed E-state index contributed by atoms with van der Waals surface area (Å²) >= 11 is 0. The molecule has 102 valence electrons. The monoisotopic (exact) mass is 257 g/mol. The van der Waals surface area contributed by atoms with Crippen molar-refractivity contribution in [3.63, 3.8) is 0 Å². The molecule has 1 N–H and O–H groups in total. The van der Waals surface area contributed by atoms with Gasteiger partial charge in [0, 0.05) is 18.5 Å². The van der Waals surface area contributed by atoms with Crippen molar-refractivity contribution in [1.82, 2.24) is 4.90 Å². The molecule has 1 aromatic carbocycles. The van der Waals surface area contributed by atoms with E-state index in [0.717, 1.165) is 12.1 Å². The van der Waals surface area contributed by atoms with Crippen LogP contribution in [0.2, 0.25) is 0 Å². The maximum Gasteiger partial charge on any atom is 0.0540 e. The Morgan fingerprint density at radius 3 is 2.53 bits per heavy atom. The lowest BCUT2D eigenvalue weighted by molar-refractivity contribution is 0.277. The van der Waals surface area contributed by atoms with Crippen LogP contribution < -0.4 is 0 Å². The third-order valence-electron chi connectivity index (χ3n) is 3.57. The molecule has 0 aliphatic carbocycles. The Morgan fingerprint density at radius 2 is 1.79 bits per heavy atom. The van der Waals surface area contributed by atoms with E-state index in [2.05, 4.69) is 34.9 Å². The van der Waals surface area contributed by atoms with E-state index in [0.29, 0.717) is 6.42 Å². The van der Waals surface area contributed by atoms with Gasteiger partial charge in [-0.3, -0.25) is 4.90 Å². The Hall–Kier alpha value is -1.30. The maximum atomic E-state index is 8.80. The molecule has 0 amide bonds. The summed E-state index contributed by atoms with van der Waals surface area (Å²) in [5.41, 5.74) is 2.43. The summed E-state index contributed by atoms with van der Waals surface area (Å²) in [5.74, 6) is 6.21. The van der Waals surface area contributed by atoms with E-state index in [1.54, 1.807) is 0 Å². The summed E-state index contributed by atoms with van der Waals surface area (Å²) in [6.07, 6.45) is 5.93. The molecule has 2 heteroatoms. The maximum absolute atomic E-state index is 8.80. The number of aliphatic hydroxyl groups is 1. The van der Waals surface area contributed by atoms with Gasteiger partial charge in [-0.25, -0.2) is 0 Å². The fraction of sp³-hybridized carbons (Fsp3) is 0.529. The molecule has 0 bridgehead atoms. The molecule has 0 radical (unpaired) electrons. The largest absolute Gasteiger partial charge is 0.395 e. The predicted octanol–water partition coefficient (Wildman–Crippen LogP) is 2.80. The third kappa shape index (κ3) is 4.70. The summed E-state index contributed by atoms with van der Waals surface area (Å²) in [6, 6.07) is 8.38. The van der Waals surface area contributed by atoms with Crippen LogP contribution in [0.5, 0.6) is 0 Å². The molecule has 1 aliphatic rings. The van der Waals surface area contributed by atoms with Crippen LogP contribution in [-0.2, 0) is 6.54 Å². The zero-order chi connectivity index (χ0) is 13.3. The van der Waals surface area contributed by atoms with Gasteiger partial charge in [0.05, 0.1) is 6.61 Å². The van der Waals surface area contributed by atoms with Crippen molar-refractivity contribution in [3.05, 3.63) is 35.4 Å². The van der Waals surface area contributed by atoms with Gasteiger partial charge in [0.25, 0.3) is 0 Å². The van der Waals surface area contributed by atoms with E-state index in [4.69, 9.17) is 5.11 Å². The molecule has 19 heavy (non-hydrogen) atoms. The van der Waals surface area contributed by atoms with E-state index >= 15 is 0 Å². The molecule has 1 aliphatic heterocycles. The molecular weight excluding hydrogens is 234 g/mol. The lowest BCUT2D eigenvalue weighted by Crippen LogP contribution is -2.24. The van der Waals surface area contributed by atoms with E-state index in [1.807, 2.05) is 6.07 Å². The van der Waals surface area contributed by atoms with Crippen molar-refractivity contribution in [2.75, 3.05) is 19.7 Å². The average Bonchev–Trinajstić information content (AvgIpc) is 2.70. The Kier molecular flexibility index (Phi) is 5.94. The second kappa shape index (κ2) is 7.99. The molecule has 0 aromatic heterocycles. The quantitative estimate of drug-likeness (QED) is 0.842. The van der Waals surface area contributed by atoms with Gasteiger partial charge in [-0.15, -0.1) is 0 Å². The fourth-order valence-electron chi connectivity index (χ4n) is 2.53. The fourth-order valence-corrected chi connectivity index (χ4v) is 2.53. The van der Waals surface area contributed by atoms with Crippen LogP contribution >= 0.6 is 0 Å². The van der Waals surface area contributed by atoms with Gasteiger partial charge in [0.15, 0.2) is 0 Å². The first kappa shape index (κ1) is 14.1. The average molecular weight is 257 g/mol. The molecule has 0 saturated carbocycles. The molecule has 1 heterocycles. The summed E-state index contributed by atoms with van der Waals surface area (Å²) in [4.78, 5) is 2.54. The Morgan fingerprint density at radius 1 is 1.05 bits per heavy atom. The number of nitrogens with zero attached hydrogens (tertiary/aromatic N) is 1. The third-order valence-corrected chi connectivity index (χ3v) is 3.57. The van der Waals surface area contributed by atoms with Crippen LogP contribution in [0.25, 0.3) is 0 Å². The highest BCUT2D eigenvalue weighted by atomic mass is 16.2. The SMILES string of the molecule is OCCC#Cc1ccccc1CN1CCCCCC1. The summed E-state index contributed by atoms with van der Waals surface area (Å²) in [7, 11) is 0. The van der Waals surface area contributed by atoms with E-state index in [-0.39, 0.29) is 6.61 Å². The normalized spacial score (nSPS) is 16.5. The molecule has 2 rings (SSSR count). The standard InChI is InChI=1S/C17H23NO/c19-14-8-5-10-16-9-3-4-11-17(16)15-18-12-6-1-2-7-13-18/h3-4,9,11,19H,1-2,6-8,12-15H2. The second-order valence-corrected chi connectivity index (χ2v) is 5.12. The van der Waals surface area contributed by atoms with Crippen LogP contribution in [0, 0.1) is 11.8 Å². The highest BCUT2D eigenvalue weighted by Gasteiger charge is 2.10. The molecule has 2 nitrogen and oxygen atoms in total. The Balaban J connectivity index is 2.04.